The molecule has 1 N–H and O–H groups in total. The van der Waals surface area contributed by atoms with Crippen molar-refractivity contribution in [2.45, 2.75) is 6.92 Å². The lowest BCUT2D eigenvalue weighted by atomic mass is 10.3. The van der Waals surface area contributed by atoms with Gasteiger partial charge in [-0.2, -0.15) is 0 Å². The average Bonchev–Trinajstić information content (AvgIpc) is 3.27. The minimum Gasteiger partial charge on any atom is -0.494 e. The number of carbonyl (C=O) groups is 2. The van der Waals surface area contributed by atoms with Crippen LogP contribution in [-0.4, -0.2) is 40.6 Å². The Labute approximate surface area is 176 Å². The van der Waals surface area contributed by atoms with Gasteiger partial charge in [-0.15, -0.1) is 11.3 Å². The summed E-state index contributed by atoms with van der Waals surface area (Å²) in [6.07, 6.45) is 1.88. The summed E-state index contributed by atoms with van der Waals surface area (Å²) < 4.78 is 6.49. The van der Waals surface area contributed by atoms with Gasteiger partial charge in [0.15, 0.2) is 0 Å². The monoisotopic (exact) mass is 425 g/mol. The van der Waals surface area contributed by atoms with Crippen LogP contribution in [-0.2, 0) is 9.59 Å². The summed E-state index contributed by atoms with van der Waals surface area (Å²) in [5, 5.41) is 4.39. The number of hydrogen-bond donors (Lipinski definition) is 1. The number of benzene rings is 2. The van der Waals surface area contributed by atoms with Gasteiger partial charge >= 0.3 is 0 Å². The largest absolute Gasteiger partial charge is 0.494 e. The van der Waals surface area contributed by atoms with E-state index in [0.717, 1.165) is 26.0 Å². The molecular weight excluding hydrogens is 406 g/mol. The number of aromatic nitrogens is 1. The minimum absolute atomic E-state index is 0.0320. The van der Waals surface area contributed by atoms with Crippen molar-refractivity contribution >= 4 is 56.9 Å². The standard InChI is InChI=1S/C21H19N3O3S2/c1-2-27-15-9-7-14(8-10-15)22-18(25)12-24-20(26)13-28-21(24)11-19-23-16-5-3-4-6-17(16)29-19/h3-11H,2,12-13H2,1H3,(H,22,25)/b21-11-. The highest BCUT2D eigenvalue weighted by Crippen LogP contribution is 2.32. The number of fused-ring (bicyclic) bond motifs is 1. The quantitative estimate of drug-likeness (QED) is 0.641. The Morgan fingerprint density at radius 3 is 2.79 bits per heavy atom. The summed E-state index contributed by atoms with van der Waals surface area (Å²) in [4.78, 5) is 30.9. The van der Waals surface area contributed by atoms with Crippen molar-refractivity contribution in [1.82, 2.24) is 9.88 Å². The van der Waals surface area contributed by atoms with Crippen LogP contribution in [0, 0.1) is 0 Å². The number of rotatable bonds is 6. The lowest BCUT2D eigenvalue weighted by Gasteiger charge is -2.16. The summed E-state index contributed by atoms with van der Waals surface area (Å²) in [6.45, 7) is 2.47. The second kappa shape index (κ2) is 8.67. The number of nitrogens with one attached hydrogen (secondary N) is 1. The molecule has 1 aliphatic rings. The third-order valence-electron chi connectivity index (χ3n) is 4.22. The highest BCUT2D eigenvalue weighted by atomic mass is 32.2. The average molecular weight is 426 g/mol. The SMILES string of the molecule is CCOc1ccc(NC(=O)CN2C(=O)CS/C2=C\c2nc3ccccc3s2)cc1. The predicted molar refractivity (Wildman–Crippen MR) is 118 cm³/mol. The van der Waals surface area contributed by atoms with Gasteiger partial charge in [0, 0.05) is 11.8 Å². The minimum atomic E-state index is -0.250. The molecule has 2 amide bonds. The number of para-hydroxylation sites is 1. The second-order valence-corrected chi connectivity index (χ2v) is 8.33. The van der Waals surface area contributed by atoms with Gasteiger partial charge in [-0.1, -0.05) is 23.9 Å². The van der Waals surface area contributed by atoms with Gasteiger partial charge in [-0.3, -0.25) is 14.5 Å². The van der Waals surface area contributed by atoms with E-state index >= 15 is 0 Å². The van der Waals surface area contributed by atoms with Gasteiger partial charge < -0.3 is 10.1 Å². The zero-order valence-corrected chi connectivity index (χ0v) is 17.4. The highest BCUT2D eigenvalue weighted by Gasteiger charge is 2.28. The smallest absolute Gasteiger partial charge is 0.244 e. The molecule has 6 nitrogen and oxygen atoms in total. The Morgan fingerprint density at radius 1 is 1.24 bits per heavy atom. The number of hydrogen-bond acceptors (Lipinski definition) is 6. The first-order chi connectivity index (χ1) is 14.1. The number of carbonyl (C=O) groups excluding carboxylic acids is 2. The summed E-state index contributed by atoms with van der Waals surface area (Å²) in [7, 11) is 0. The van der Waals surface area contributed by atoms with Crippen molar-refractivity contribution in [3.05, 3.63) is 58.6 Å². The number of thiazole rings is 1. The molecule has 0 spiro atoms. The third-order valence-corrected chi connectivity index (χ3v) is 6.23. The van der Waals surface area contributed by atoms with E-state index in [4.69, 9.17) is 4.74 Å². The molecule has 0 radical (unpaired) electrons. The first kappa shape index (κ1) is 19.5. The zero-order chi connectivity index (χ0) is 20.2. The molecular formula is C21H19N3O3S2. The number of nitrogens with zero attached hydrogens (tertiary/aromatic N) is 2. The van der Waals surface area contributed by atoms with Crippen LogP contribution in [0.3, 0.4) is 0 Å². The molecule has 1 saturated heterocycles. The maximum Gasteiger partial charge on any atom is 0.244 e. The van der Waals surface area contributed by atoms with Gasteiger partial charge in [0.25, 0.3) is 0 Å². The molecule has 8 heteroatoms. The van der Waals surface area contributed by atoms with E-state index in [1.807, 2.05) is 37.3 Å². The molecule has 1 aliphatic heterocycles. The topological polar surface area (TPSA) is 71.5 Å². The molecule has 0 unspecified atom stereocenters. The fraction of sp³-hybridized carbons (Fsp3) is 0.190. The van der Waals surface area contributed by atoms with Crippen LogP contribution in [0.2, 0.25) is 0 Å². The van der Waals surface area contributed by atoms with Gasteiger partial charge in [0.1, 0.15) is 17.3 Å². The molecule has 3 aromatic rings. The van der Waals surface area contributed by atoms with Crippen molar-refractivity contribution in [2.75, 3.05) is 24.2 Å². The molecule has 1 aromatic heterocycles. The maximum absolute atomic E-state index is 12.5. The van der Waals surface area contributed by atoms with Gasteiger partial charge in [0.05, 0.1) is 27.6 Å². The van der Waals surface area contributed by atoms with Crippen LogP contribution in [0.25, 0.3) is 16.3 Å². The molecule has 0 aliphatic carbocycles. The lowest BCUT2D eigenvalue weighted by Crippen LogP contribution is -2.33. The normalized spacial score (nSPS) is 15.3. The first-order valence-corrected chi connectivity index (χ1v) is 11.0. The Kier molecular flexibility index (Phi) is 5.82. The second-order valence-electron chi connectivity index (χ2n) is 6.28. The van der Waals surface area contributed by atoms with Crippen molar-refractivity contribution in [2.24, 2.45) is 0 Å². The van der Waals surface area contributed by atoms with Gasteiger partial charge in [-0.05, 0) is 43.3 Å². The van der Waals surface area contributed by atoms with Gasteiger partial charge in [-0.25, -0.2) is 4.98 Å². The predicted octanol–water partition coefficient (Wildman–Crippen LogP) is 4.21. The van der Waals surface area contributed by atoms with E-state index in [0.29, 0.717) is 18.0 Å². The summed E-state index contributed by atoms with van der Waals surface area (Å²) >= 11 is 2.99. The van der Waals surface area contributed by atoms with Crippen molar-refractivity contribution in [3.8, 4) is 5.75 Å². The molecule has 2 aromatic carbocycles. The molecule has 0 bridgehead atoms. The lowest BCUT2D eigenvalue weighted by molar-refractivity contribution is -0.129. The highest BCUT2D eigenvalue weighted by molar-refractivity contribution is 8.04. The Hall–Kier alpha value is -2.84. The zero-order valence-electron chi connectivity index (χ0n) is 15.8. The fourth-order valence-electron chi connectivity index (χ4n) is 2.90. The van der Waals surface area contributed by atoms with Crippen LogP contribution in [0.4, 0.5) is 5.69 Å². The van der Waals surface area contributed by atoms with E-state index in [2.05, 4.69) is 10.3 Å². The van der Waals surface area contributed by atoms with E-state index in [-0.39, 0.29) is 18.4 Å². The van der Waals surface area contributed by atoms with Crippen molar-refractivity contribution < 1.29 is 14.3 Å². The number of anilines is 1. The Morgan fingerprint density at radius 2 is 2.03 bits per heavy atom. The summed E-state index contributed by atoms with van der Waals surface area (Å²) in [5.41, 5.74) is 1.59. The summed E-state index contributed by atoms with van der Waals surface area (Å²) in [6, 6.07) is 15.1. The number of thioether (sulfide) groups is 1. The molecule has 2 heterocycles. The summed E-state index contributed by atoms with van der Waals surface area (Å²) in [5.74, 6) is 0.745. The van der Waals surface area contributed by atoms with E-state index in [1.54, 1.807) is 35.6 Å². The number of amides is 2. The van der Waals surface area contributed by atoms with E-state index in [9.17, 15) is 9.59 Å². The van der Waals surface area contributed by atoms with Crippen molar-refractivity contribution in [3.63, 3.8) is 0 Å². The Balaban J connectivity index is 1.45. The molecule has 0 atom stereocenters. The third kappa shape index (κ3) is 4.60. The maximum atomic E-state index is 12.5. The van der Waals surface area contributed by atoms with Crippen LogP contribution in [0.5, 0.6) is 5.75 Å². The number of ether oxygens (including phenoxy) is 1. The van der Waals surface area contributed by atoms with Crippen LogP contribution >= 0.6 is 23.1 Å². The van der Waals surface area contributed by atoms with E-state index < -0.39 is 0 Å². The molecule has 1 fully saturated rings. The van der Waals surface area contributed by atoms with Crippen LogP contribution in [0.15, 0.2) is 53.6 Å². The first-order valence-electron chi connectivity index (χ1n) is 9.15. The molecule has 148 valence electrons. The van der Waals surface area contributed by atoms with Crippen LogP contribution in [0.1, 0.15) is 11.9 Å². The Bertz CT molecular complexity index is 1040. The molecule has 0 saturated carbocycles. The molecule has 29 heavy (non-hydrogen) atoms. The van der Waals surface area contributed by atoms with Crippen LogP contribution < -0.4 is 10.1 Å². The van der Waals surface area contributed by atoms with Gasteiger partial charge in [0.2, 0.25) is 11.8 Å². The van der Waals surface area contributed by atoms with Crippen molar-refractivity contribution in [1.29, 1.82) is 0 Å². The fourth-order valence-corrected chi connectivity index (χ4v) is 4.83. The van der Waals surface area contributed by atoms with E-state index in [1.165, 1.54) is 16.7 Å². The molecule has 4 rings (SSSR count).